The summed E-state index contributed by atoms with van der Waals surface area (Å²) in [6, 6.07) is 3.19. The van der Waals surface area contributed by atoms with Gasteiger partial charge in [0.2, 0.25) is 0 Å². The van der Waals surface area contributed by atoms with E-state index in [1.165, 1.54) is 6.07 Å². The third-order valence-corrected chi connectivity index (χ3v) is 3.95. The van der Waals surface area contributed by atoms with Gasteiger partial charge in [0.1, 0.15) is 5.82 Å². The van der Waals surface area contributed by atoms with Crippen molar-refractivity contribution in [2.75, 3.05) is 26.2 Å². The fourth-order valence-electron chi connectivity index (χ4n) is 3.13. The Kier molecular flexibility index (Phi) is 6.47. The van der Waals surface area contributed by atoms with Crippen LogP contribution < -0.4 is 5.32 Å². The van der Waals surface area contributed by atoms with Crippen molar-refractivity contribution in [1.29, 1.82) is 0 Å². The van der Waals surface area contributed by atoms with Crippen molar-refractivity contribution < 1.29 is 17.6 Å². The van der Waals surface area contributed by atoms with Crippen LogP contribution in [0.2, 0.25) is 0 Å². The van der Waals surface area contributed by atoms with E-state index in [1.54, 1.807) is 0 Å². The van der Waals surface area contributed by atoms with E-state index in [4.69, 9.17) is 0 Å². The van der Waals surface area contributed by atoms with Gasteiger partial charge in [-0.1, -0.05) is 26.8 Å². The molecule has 0 aliphatic carbocycles. The van der Waals surface area contributed by atoms with Crippen molar-refractivity contribution in [3.63, 3.8) is 0 Å². The monoisotopic (exact) mass is 354 g/mol. The number of alkyl halides is 3. The molecule has 7 heteroatoms. The molecule has 1 atom stereocenters. The molecule has 2 nitrogen and oxygen atoms in total. The summed E-state index contributed by atoms with van der Waals surface area (Å²) in [5, 5.41) is 3.24. The lowest BCUT2D eigenvalue weighted by molar-refractivity contribution is -0.140. The molecule has 0 spiro atoms. The molecule has 1 aromatic rings. The van der Waals surface area contributed by atoms with E-state index >= 15 is 0 Å². The first-order valence-corrected chi connectivity index (χ1v) is 7.42. The molecule has 1 heterocycles. The first-order valence-electron chi connectivity index (χ1n) is 7.42. The second kappa shape index (κ2) is 7.36. The number of halogens is 5. The van der Waals surface area contributed by atoms with Crippen LogP contribution in [-0.4, -0.2) is 31.1 Å². The third kappa shape index (κ3) is 4.81. The van der Waals surface area contributed by atoms with Gasteiger partial charge >= 0.3 is 6.18 Å². The van der Waals surface area contributed by atoms with Gasteiger partial charge in [-0.05, 0) is 23.1 Å². The number of nitrogens with one attached hydrogen (secondary N) is 1. The Bertz CT molecular complexity index is 520. The average molecular weight is 355 g/mol. The zero-order valence-electron chi connectivity index (χ0n) is 13.5. The lowest BCUT2D eigenvalue weighted by Crippen LogP contribution is -2.48. The highest BCUT2D eigenvalue weighted by Crippen LogP contribution is 2.40. The van der Waals surface area contributed by atoms with Crippen LogP contribution in [0.5, 0.6) is 0 Å². The Hall–Kier alpha value is -0.850. The zero-order valence-corrected chi connectivity index (χ0v) is 14.3. The number of benzene rings is 1. The van der Waals surface area contributed by atoms with Crippen molar-refractivity contribution in [2.24, 2.45) is 5.41 Å². The Morgan fingerprint density at radius 2 is 1.65 bits per heavy atom. The minimum Gasteiger partial charge on any atom is -0.314 e. The highest BCUT2D eigenvalue weighted by Gasteiger charge is 2.37. The summed E-state index contributed by atoms with van der Waals surface area (Å²) in [7, 11) is 0. The minimum atomic E-state index is -4.67. The zero-order chi connectivity index (χ0) is 16.5. The molecule has 132 valence electrons. The summed E-state index contributed by atoms with van der Waals surface area (Å²) in [6.07, 6.45) is -4.67. The number of piperazine rings is 1. The number of rotatable bonds is 2. The first-order chi connectivity index (χ1) is 10.1. The van der Waals surface area contributed by atoms with Crippen LogP contribution in [0, 0.1) is 11.2 Å². The van der Waals surface area contributed by atoms with Crippen molar-refractivity contribution in [2.45, 2.75) is 33.0 Å². The third-order valence-electron chi connectivity index (χ3n) is 3.95. The van der Waals surface area contributed by atoms with Crippen molar-refractivity contribution in [3.8, 4) is 0 Å². The van der Waals surface area contributed by atoms with Gasteiger partial charge in [0.25, 0.3) is 0 Å². The summed E-state index contributed by atoms with van der Waals surface area (Å²) < 4.78 is 52.4. The van der Waals surface area contributed by atoms with Gasteiger partial charge in [0.15, 0.2) is 0 Å². The van der Waals surface area contributed by atoms with Crippen LogP contribution in [0.3, 0.4) is 0 Å². The Balaban J connectivity index is 0.00000264. The molecule has 0 unspecified atom stereocenters. The van der Waals surface area contributed by atoms with E-state index in [1.807, 2.05) is 20.8 Å². The van der Waals surface area contributed by atoms with Crippen molar-refractivity contribution >= 4 is 12.4 Å². The van der Waals surface area contributed by atoms with Crippen LogP contribution in [0.15, 0.2) is 18.2 Å². The maximum Gasteiger partial charge on any atom is 0.419 e. The molecule has 1 fully saturated rings. The normalized spacial score (nSPS) is 18.4. The second-order valence-electron chi connectivity index (χ2n) is 6.79. The number of hydrogen-bond acceptors (Lipinski definition) is 2. The first kappa shape index (κ1) is 20.2. The van der Waals surface area contributed by atoms with E-state index in [0.29, 0.717) is 5.56 Å². The van der Waals surface area contributed by atoms with E-state index < -0.39 is 17.6 Å². The maximum atomic E-state index is 13.5. The number of nitrogens with zero attached hydrogens (tertiary/aromatic N) is 1. The lowest BCUT2D eigenvalue weighted by atomic mass is 9.80. The summed E-state index contributed by atoms with van der Waals surface area (Å²) in [5.41, 5.74) is -0.921. The molecule has 1 N–H and O–H groups in total. The van der Waals surface area contributed by atoms with E-state index in [9.17, 15) is 17.6 Å². The summed E-state index contributed by atoms with van der Waals surface area (Å²) >= 11 is 0. The Labute approximate surface area is 140 Å². The quantitative estimate of drug-likeness (QED) is 0.798. The molecule has 1 aromatic carbocycles. The van der Waals surface area contributed by atoms with E-state index in [-0.39, 0.29) is 23.9 Å². The van der Waals surface area contributed by atoms with Crippen LogP contribution >= 0.6 is 12.4 Å². The van der Waals surface area contributed by atoms with Gasteiger partial charge in [-0.3, -0.25) is 4.90 Å². The highest BCUT2D eigenvalue weighted by atomic mass is 35.5. The predicted octanol–water partition coefficient (Wildman–Crippen LogP) is 4.26. The van der Waals surface area contributed by atoms with Gasteiger partial charge in [-0.15, -0.1) is 12.4 Å². The molecule has 23 heavy (non-hydrogen) atoms. The molecule has 0 saturated carbocycles. The molecule has 0 bridgehead atoms. The average Bonchev–Trinajstić information content (AvgIpc) is 2.39. The molecule has 1 aliphatic heterocycles. The largest absolute Gasteiger partial charge is 0.419 e. The molecule has 0 radical (unpaired) electrons. The predicted molar refractivity (Wildman–Crippen MR) is 85.3 cm³/mol. The summed E-state index contributed by atoms with van der Waals surface area (Å²) in [5.74, 6) is -1.22. The molecule has 2 rings (SSSR count). The molecule has 1 aliphatic rings. The van der Waals surface area contributed by atoms with E-state index in [0.717, 1.165) is 38.3 Å². The van der Waals surface area contributed by atoms with Crippen LogP contribution in [0.1, 0.15) is 37.9 Å². The lowest BCUT2D eigenvalue weighted by Gasteiger charge is -2.42. The van der Waals surface area contributed by atoms with Gasteiger partial charge < -0.3 is 5.32 Å². The molecular weight excluding hydrogens is 332 g/mol. The van der Waals surface area contributed by atoms with Crippen molar-refractivity contribution in [3.05, 3.63) is 35.1 Å². The van der Waals surface area contributed by atoms with Gasteiger partial charge in [-0.25, -0.2) is 4.39 Å². The Morgan fingerprint density at radius 3 is 2.13 bits per heavy atom. The van der Waals surface area contributed by atoms with Crippen LogP contribution in [-0.2, 0) is 6.18 Å². The maximum absolute atomic E-state index is 13.5. The molecular formula is C16H23ClF4N2. The second-order valence-corrected chi connectivity index (χ2v) is 6.79. The summed E-state index contributed by atoms with van der Waals surface area (Å²) in [6.45, 7) is 9.13. The minimum absolute atomic E-state index is 0. The van der Waals surface area contributed by atoms with Gasteiger partial charge in [0, 0.05) is 32.2 Å². The Morgan fingerprint density at radius 1 is 1.09 bits per heavy atom. The fourth-order valence-corrected chi connectivity index (χ4v) is 3.13. The number of hydrogen-bond donors (Lipinski definition) is 1. The standard InChI is InChI=1S/C16H22F4N2.ClH/c1-15(2,3)14(22-8-6-21-7-9-22)11-4-5-13(17)12(10-11)16(18,19)20;/h4-5,10,14,21H,6-9H2,1-3H3;1H/t14-;/m0./s1. The summed E-state index contributed by atoms with van der Waals surface area (Å²) in [4.78, 5) is 2.17. The fraction of sp³-hybridized carbons (Fsp3) is 0.625. The van der Waals surface area contributed by atoms with Crippen molar-refractivity contribution in [1.82, 2.24) is 10.2 Å². The van der Waals surface area contributed by atoms with Gasteiger partial charge in [0.05, 0.1) is 5.56 Å². The highest BCUT2D eigenvalue weighted by molar-refractivity contribution is 5.85. The van der Waals surface area contributed by atoms with E-state index in [2.05, 4.69) is 10.2 Å². The topological polar surface area (TPSA) is 15.3 Å². The van der Waals surface area contributed by atoms with Crippen LogP contribution in [0.25, 0.3) is 0 Å². The molecule has 0 amide bonds. The van der Waals surface area contributed by atoms with Gasteiger partial charge in [-0.2, -0.15) is 13.2 Å². The molecule has 0 aromatic heterocycles. The van der Waals surface area contributed by atoms with Crippen LogP contribution in [0.4, 0.5) is 17.6 Å². The molecule has 1 saturated heterocycles. The SMILES string of the molecule is CC(C)(C)[C@H](c1ccc(F)c(C(F)(F)F)c1)N1CCNCC1.Cl. The smallest absolute Gasteiger partial charge is 0.314 e.